The summed E-state index contributed by atoms with van der Waals surface area (Å²) in [4.78, 5) is 4.14. The topological polar surface area (TPSA) is 15.9 Å². The molecule has 13 heavy (non-hydrogen) atoms. The minimum absolute atomic E-state index is 0.558. The normalized spacial score (nSPS) is 20.3. The van der Waals surface area contributed by atoms with Gasteiger partial charge in [0.2, 0.25) is 5.69 Å². The summed E-state index contributed by atoms with van der Waals surface area (Å²) >= 11 is 0. The summed E-state index contributed by atoms with van der Waals surface area (Å²) in [5.41, 5.74) is 2.66. The Morgan fingerprint density at radius 1 is 1.46 bits per heavy atom. The Morgan fingerprint density at radius 2 is 2.23 bits per heavy atom. The number of rotatable bonds is 1. The highest BCUT2D eigenvalue weighted by Crippen LogP contribution is 2.34. The third-order valence-electron chi connectivity index (χ3n) is 2.67. The van der Waals surface area contributed by atoms with E-state index in [2.05, 4.69) is 42.7 Å². The molecule has 1 aliphatic heterocycles. The smallest absolute Gasteiger partial charge is 0.227 e. The summed E-state index contributed by atoms with van der Waals surface area (Å²) in [6.07, 6.45) is 6.09. The van der Waals surface area contributed by atoms with Gasteiger partial charge < -0.3 is 0 Å². The molecule has 2 heteroatoms. The zero-order valence-electron chi connectivity index (χ0n) is 8.36. The summed E-state index contributed by atoms with van der Waals surface area (Å²) in [5.74, 6) is 1.22. The molecule has 2 rings (SSSR count). The fourth-order valence-corrected chi connectivity index (χ4v) is 1.91. The molecule has 0 saturated heterocycles. The fourth-order valence-electron chi connectivity index (χ4n) is 1.91. The third-order valence-corrected chi connectivity index (χ3v) is 2.67. The van der Waals surface area contributed by atoms with Gasteiger partial charge in [0.15, 0.2) is 6.21 Å². The summed E-state index contributed by atoms with van der Waals surface area (Å²) in [7, 11) is 2.09. The van der Waals surface area contributed by atoms with E-state index in [9.17, 15) is 0 Å². The van der Waals surface area contributed by atoms with E-state index in [0.29, 0.717) is 11.8 Å². The molecule has 1 unspecified atom stereocenters. The summed E-state index contributed by atoms with van der Waals surface area (Å²) in [5, 5.41) is 0. The van der Waals surface area contributed by atoms with Gasteiger partial charge in [-0.1, -0.05) is 13.8 Å². The summed E-state index contributed by atoms with van der Waals surface area (Å²) in [6, 6.07) is 2.12. The van der Waals surface area contributed by atoms with Crippen LogP contribution in [0.25, 0.3) is 0 Å². The van der Waals surface area contributed by atoms with Gasteiger partial charge in [0.25, 0.3) is 0 Å². The van der Waals surface area contributed by atoms with Crippen LogP contribution in [0, 0.1) is 5.92 Å². The lowest BCUT2D eigenvalue weighted by molar-refractivity contribution is -0.397. The van der Waals surface area contributed by atoms with Gasteiger partial charge in [0.1, 0.15) is 7.05 Å². The monoisotopic (exact) mass is 175 g/mol. The van der Waals surface area contributed by atoms with Crippen molar-refractivity contribution < 1.29 is 4.58 Å². The van der Waals surface area contributed by atoms with Crippen molar-refractivity contribution in [3.63, 3.8) is 0 Å². The van der Waals surface area contributed by atoms with Crippen molar-refractivity contribution in [3.8, 4) is 0 Å². The van der Waals surface area contributed by atoms with Gasteiger partial charge in [-0.3, -0.25) is 4.98 Å². The summed E-state index contributed by atoms with van der Waals surface area (Å²) < 4.78 is 2.17. The number of hydrogen-bond acceptors (Lipinski definition) is 1. The van der Waals surface area contributed by atoms with Crippen LogP contribution in [0.15, 0.2) is 18.5 Å². The highest BCUT2D eigenvalue weighted by molar-refractivity contribution is 5.72. The van der Waals surface area contributed by atoms with E-state index in [-0.39, 0.29) is 0 Å². The Bertz CT molecular complexity index is 353. The first-order chi connectivity index (χ1) is 6.20. The molecule has 0 saturated carbocycles. The van der Waals surface area contributed by atoms with Crippen molar-refractivity contribution >= 4 is 11.9 Å². The predicted octanol–water partition coefficient (Wildman–Crippen LogP) is 2.18. The molecule has 1 aromatic rings. The van der Waals surface area contributed by atoms with Crippen molar-refractivity contribution in [2.45, 2.75) is 19.8 Å². The number of pyridine rings is 1. The highest BCUT2D eigenvalue weighted by Gasteiger charge is 2.30. The fraction of sp³-hybridized carbons (Fsp3) is 0.455. The minimum Gasteiger partial charge on any atom is -0.258 e. The Balaban J connectivity index is 2.50. The second-order valence-electron chi connectivity index (χ2n) is 3.96. The van der Waals surface area contributed by atoms with Gasteiger partial charge in [-0.25, -0.2) is 4.58 Å². The quantitative estimate of drug-likeness (QED) is 0.597. The van der Waals surface area contributed by atoms with Gasteiger partial charge in [-0.2, -0.15) is 0 Å². The molecule has 0 fully saturated rings. The van der Waals surface area contributed by atoms with Crippen molar-refractivity contribution in [2.24, 2.45) is 5.92 Å². The molecule has 1 aromatic heterocycles. The van der Waals surface area contributed by atoms with E-state index in [1.54, 1.807) is 0 Å². The van der Waals surface area contributed by atoms with Crippen molar-refractivity contribution in [1.82, 2.24) is 4.98 Å². The molecule has 1 atom stereocenters. The lowest BCUT2D eigenvalue weighted by atomic mass is 9.91. The number of nitrogens with zero attached hydrogens (tertiary/aromatic N) is 2. The Kier molecular flexibility index (Phi) is 1.91. The van der Waals surface area contributed by atoms with Crippen LogP contribution in [0.2, 0.25) is 0 Å². The maximum Gasteiger partial charge on any atom is 0.227 e. The molecule has 0 aliphatic carbocycles. The third kappa shape index (κ3) is 1.26. The molecule has 0 radical (unpaired) electrons. The molecule has 1 aliphatic rings. The van der Waals surface area contributed by atoms with Crippen LogP contribution < -0.4 is 0 Å². The predicted molar refractivity (Wildman–Crippen MR) is 53.7 cm³/mol. The Labute approximate surface area is 78.9 Å². The van der Waals surface area contributed by atoms with E-state index in [0.717, 1.165) is 0 Å². The van der Waals surface area contributed by atoms with E-state index in [4.69, 9.17) is 0 Å². The van der Waals surface area contributed by atoms with Crippen LogP contribution in [0.1, 0.15) is 25.3 Å². The lowest BCUT2D eigenvalue weighted by Crippen LogP contribution is -2.05. The first-order valence-corrected chi connectivity index (χ1v) is 4.72. The van der Waals surface area contributed by atoms with Crippen molar-refractivity contribution in [1.29, 1.82) is 0 Å². The van der Waals surface area contributed by atoms with Crippen LogP contribution in [0.4, 0.5) is 5.69 Å². The molecule has 2 nitrogen and oxygen atoms in total. The average molecular weight is 175 g/mol. The average Bonchev–Trinajstić information content (AvgIpc) is 2.45. The maximum atomic E-state index is 4.14. The molecule has 68 valence electrons. The molecule has 0 N–H and O–H groups in total. The first kappa shape index (κ1) is 8.42. The van der Waals surface area contributed by atoms with Crippen LogP contribution in [0.3, 0.4) is 0 Å². The SMILES string of the molecule is CC(C)C1C=[N+](C)c2cnccc21. The number of fused-ring (bicyclic) bond motifs is 1. The largest absolute Gasteiger partial charge is 0.258 e. The molecule has 0 spiro atoms. The van der Waals surface area contributed by atoms with Crippen molar-refractivity contribution in [3.05, 3.63) is 24.0 Å². The first-order valence-electron chi connectivity index (χ1n) is 4.72. The van der Waals surface area contributed by atoms with Crippen LogP contribution >= 0.6 is 0 Å². The van der Waals surface area contributed by atoms with Crippen LogP contribution in [-0.2, 0) is 0 Å². The van der Waals surface area contributed by atoms with E-state index < -0.39 is 0 Å². The second-order valence-corrected chi connectivity index (χ2v) is 3.96. The Hall–Kier alpha value is -1.18. The summed E-state index contributed by atoms with van der Waals surface area (Å²) in [6.45, 7) is 4.51. The number of hydrogen-bond donors (Lipinski definition) is 0. The van der Waals surface area contributed by atoms with Gasteiger partial charge >= 0.3 is 0 Å². The second kappa shape index (κ2) is 2.95. The maximum absolute atomic E-state index is 4.14. The van der Waals surface area contributed by atoms with Gasteiger partial charge in [0.05, 0.1) is 12.1 Å². The van der Waals surface area contributed by atoms with Crippen molar-refractivity contribution in [2.75, 3.05) is 7.05 Å². The highest BCUT2D eigenvalue weighted by atomic mass is 15.0. The molecule has 0 bridgehead atoms. The lowest BCUT2D eigenvalue weighted by Gasteiger charge is -2.08. The molecule has 2 heterocycles. The van der Waals surface area contributed by atoms with E-state index >= 15 is 0 Å². The van der Waals surface area contributed by atoms with Gasteiger partial charge in [0, 0.05) is 11.8 Å². The Morgan fingerprint density at radius 3 is 2.92 bits per heavy atom. The molecular weight excluding hydrogens is 160 g/mol. The van der Waals surface area contributed by atoms with Crippen LogP contribution in [0.5, 0.6) is 0 Å². The number of aromatic nitrogens is 1. The molecule has 0 amide bonds. The minimum atomic E-state index is 0.558. The zero-order valence-corrected chi connectivity index (χ0v) is 8.36. The molecule has 0 aromatic carbocycles. The van der Waals surface area contributed by atoms with E-state index in [1.165, 1.54) is 11.3 Å². The standard InChI is InChI=1S/C11H15N2/c1-8(2)10-7-13(3)11-6-12-5-4-9(10)11/h4-8,10H,1-3H3/q+1. The van der Waals surface area contributed by atoms with Gasteiger partial charge in [-0.15, -0.1) is 0 Å². The van der Waals surface area contributed by atoms with E-state index in [1.807, 2.05) is 12.4 Å². The van der Waals surface area contributed by atoms with Crippen LogP contribution in [-0.4, -0.2) is 22.8 Å². The molecular formula is C11H15N2+. The van der Waals surface area contributed by atoms with Gasteiger partial charge in [-0.05, 0) is 12.0 Å². The zero-order chi connectivity index (χ0) is 9.42.